The molecule has 4 rings (SSSR count). The predicted molar refractivity (Wildman–Crippen MR) is 114 cm³/mol. The van der Waals surface area contributed by atoms with E-state index >= 15 is 0 Å². The van der Waals surface area contributed by atoms with Gasteiger partial charge in [-0.2, -0.15) is 0 Å². The fraction of sp³-hybridized carbons (Fsp3) is 0.136. The standard InChI is InChI=1S/C22H20N2O4.ClH/c1-26-20-12-6-7-13-21(20)27-15-14-23-22(25)24-16-8-2-4-10-18(16)28-19-11-5-3-9-17(19)24;/h2-13H,14-15H2,1H3,(H,23,25);1H. The average Bonchev–Trinajstić information content (AvgIpc) is 2.75. The third-order valence-electron chi connectivity index (χ3n) is 4.34. The van der Waals surface area contributed by atoms with Gasteiger partial charge >= 0.3 is 6.03 Å². The van der Waals surface area contributed by atoms with Crippen LogP contribution in [-0.4, -0.2) is 26.3 Å². The van der Waals surface area contributed by atoms with Crippen LogP contribution in [0.1, 0.15) is 0 Å². The number of ether oxygens (including phenoxy) is 3. The highest BCUT2D eigenvalue weighted by molar-refractivity contribution is 6.03. The van der Waals surface area contributed by atoms with Crippen LogP contribution in [0.15, 0.2) is 72.8 Å². The maximum absolute atomic E-state index is 12.9. The van der Waals surface area contributed by atoms with Crippen LogP contribution >= 0.6 is 12.4 Å². The fourth-order valence-corrected chi connectivity index (χ4v) is 3.06. The van der Waals surface area contributed by atoms with E-state index in [0.29, 0.717) is 47.5 Å². The average molecular weight is 413 g/mol. The number of nitrogens with zero attached hydrogens (tertiary/aromatic N) is 1. The number of fused-ring (bicyclic) bond motifs is 2. The topological polar surface area (TPSA) is 60.0 Å². The number of methoxy groups -OCH3 is 1. The molecule has 3 aromatic rings. The van der Waals surface area contributed by atoms with E-state index in [9.17, 15) is 4.79 Å². The number of carbonyl (C=O) groups excluding carboxylic acids is 1. The molecule has 1 N–H and O–H groups in total. The second-order valence-corrected chi connectivity index (χ2v) is 6.10. The maximum Gasteiger partial charge on any atom is 0.326 e. The quantitative estimate of drug-likeness (QED) is 0.589. The van der Waals surface area contributed by atoms with Gasteiger partial charge in [0.25, 0.3) is 0 Å². The smallest absolute Gasteiger partial charge is 0.326 e. The van der Waals surface area contributed by atoms with Crippen LogP contribution in [-0.2, 0) is 0 Å². The van der Waals surface area contributed by atoms with Gasteiger partial charge in [0.05, 0.1) is 25.0 Å². The van der Waals surface area contributed by atoms with E-state index in [1.807, 2.05) is 72.8 Å². The zero-order chi connectivity index (χ0) is 19.3. The van der Waals surface area contributed by atoms with Crippen LogP contribution in [0.2, 0.25) is 0 Å². The molecule has 3 aromatic carbocycles. The fourth-order valence-electron chi connectivity index (χ4n) is 3.06. The lowest BCUT2D eigenvalue weighted by atomic mass is 10.2. The van der Waals surface area contributed by atoms with Crippen molar-refractivity contribution in [3.8, 4) is 23.0 Å². The van der Waals surface area contributed by atoms with Crippen molar-refractivity contribution < 1.29 is 19.0 Å². The summed E-state index contributed by atoms with van der Waals surface area (Å²) in [6.07, 6.45) is 0. The maximum atomic E-state index is 12.9. The van der Waals surface area contributed by atoms with Gasteiger partial charge in [-0.1, -0.05) is 36.4 Å². The van der Waals surface area contributed by atoms with E-state index in [4.69, 9.17) is 14.2 Å². The molecule has 7 heteroatoms. The largest absolute Gasteiger partial charge is 0.493 e. The van der Waals surface area contributed by atoms with Crippen molar-refractivity contribution in [3.63, 3.8) is 0 Å². The summed E-state index contributed by atoms with van der Waals surface area (Å²) < 4.78 is 16.9. The Hall–Kier alpha value is -3.38. The third kappa shape index (κ3) is 4.22. The monoisotopic (exact) mass is 412 g/mol. The molecule has 0 radical (unpaired) electrons. The third-order valence-corrected chi connectivity index (χ3v) is 4.34. The summed E-state index contributed by atoms with van der Waals surface area (Å²) in [7, 11) is 1.59. The second-order valence-electron chi connectivity index (χ2n) is 6.10. The van der Waals surface area contributed by atoms with E-state index in [1.165, 1.54) is 0 Å². The summed E-state index contributed by atoms with van der Waals surface area (Å²) in [4.78, 5) is 14.6. The minimum Gasteiger partial charge on any atom is -0.493 e. The van der Waals surface area contributed by atoms with E-state index in [0.717, 1.165) is 0 Å². The van der Waals surface area contributed by atoms with Gasteiger partial charge < -0.3 is 19.5 Å². The van der Waals surface area contributed by atoms with Gasteiger partial charge in [0.2, 0.25) is 0 Å². The second kappa shape index (κ2) is 9.21. The van der Waals surface area contributed by atoms with E-state index < -0.39 is 0 Å². The summed E-state index contributed by atoms with van der Waals surface area (Å²) in [5.74, 6) is 2.58. The van der Waals surface area contributed by atoms with E-state index in [-0.39, 0.29) is 18.4 Å². The molecule has 0 atom stereocenters. The molecule has 2 amide bonds. The normalized spacial score (nSPS) is 11.3. The zero-order valence-electron chi connectivity index (χ0n) is 15.8. The molecule has 0 unspecified atom stereocenters. The first-order valence-electron chi connectivity index (χ1n) is 8.97. The molecule has 1 aliphatic heterocycles. The SMILES string of the molecule is COc1ccccc1OCCNC(=O)N1c2ccccc2Oc2ccccc21.Cl. The molecule has 0 aromatic heterocycles. The lowest BCUT2D eigenvalue weighted by molar-refractivity contribution is 0.242. The van der Waals surface area contributed by atoms with Gasteiger partial charge in [0.1, 0.15) is 6.61 Å². The summed E-state index contributed by atoms with van der Waals surface area (Å²) >= 11 is 0. The van der Waals surface area contributed by atoms with Crippen LogP contribution in [0.25, 0.3) is 0 Å². The summed E-state index contributed by atoms with van der Waals surface area (Å²) in [5.41, 5.74) is 1.40. The summed E-state index contributed by atoms with van der Waals surface area (Å²) in [5, 5.41) is 2.91. The molecule has 29 heavy (non-hydrogen) atoms. The number of carbonyl (C=O) groups is 1. The van der Waals surface area contributed by atoms with Crippen molar-refractivity contribution in [1.29, 1.82) is 0 Å². The van der Waals surface area contributed by atoms with Crippen molar-refractivity contribution in [2.24, 2.45) is 0 Å². The van der Waals surface area contributed by atoms with Gasteiger partial charge in [-0.3, -0.25) is 4.90 Å². The molecule has 0 aliphatic carbocycles. The lowest BCUT2D eigenvalue weighted by Crippen LogP contribution is -2.40. The van der Waals surface area contributed by atoms with Gasteiger partial charge in [-0.15, -0.1) is 12.4 Å². The molecule has 6 nitrogen and oxygen atoms in total. The Morgan fingerprint density at radius 2 is 1.45 bits per heavy atom. The Bertz CT molecular complexity index is 950. The van der Waals surface area contributed by atoms with Gasteiger partial charge in [-0.05, 0) is 36.4 Å². The first kappa shape index (κ1) is 20.4. The molecule has 0 bridgehead atoms. The summed E-state index contributed by atoms with van der Waals surface area (Å²) in [6, 6.07) is 22.1. The Kier molecular flexibility index (Phi) is 6.46. The Morgan fingerprint density at radius 3 is 2.07 bits per heavy atom. The minimum atomic E-state index is -0.244. The van der Waals surface area contributed by atoms with Crippen molar-refractivity contribution >= 4 is 29.8 Å². The molecular formula is C22H21ClN2O4. The number of halogens is 1. The molecular weight excluding hydrogens is 392 g/mol. The lowest BCUT2D eigenvalue weighted by Gasteiger charge is -2.31. The van der Waals surface area contributed by atoms with Crippen molar-refractivity contribution in [3.05, 3.63) is 72.8 Å². The minimum absolute atomic E-state index is 0. The van der Waals surface area contributed by atoms with E-state index in [1.54, 1.807) is 12.0 Å². The number of nitrogens with one attached hydrogen (secondary N) is 1. The first-order chi connectivity index (χ1) is 13.8. The van der Waals surface area contributed by atoms with Crippen LogP contribution in [0.5, 0.6) is 23.0 Å². The number of benzene rings is 3. The van der Waals surface area contributed by atoms with Crippen molar-refractivity contribution in [2.75, 3.05) is 25.2 Å². The van der Waals surface area contributed by atoms with E-state index in [2.05, 4.69) is 5.32 Å². The molecule has 150 valence electrons. The van der Waals surface area contributed by atoms with Crippen LogP contribution in [0.4, 0.5) is 16.2 Å². The van der Waals surface area contributed by atoms with Crippen molar-refractivity contribution in [2.45, 2.75) is 0 Å². The highest BCUT2D eigenvalue weighted by atomic mass is 35.5. The molecule has 0 spiro atoms. The Morgan fingerprint density at radius 1 is 0.897 bits per heavy atom. The Balaban J connectivity index is 0.00000240. The molecule has 1 heterocycles. The zero-order valence-corrected chi connectivity index (χ0v) is 16.6. The van der Waals surface area contributed by atoms with Crippen LogP contribution in [0.3, 0.4) is 0 Å². The number of para-hydroxylation sites is 6. The predicted octanol–water partition coefficient (Wildman–Crippen LogP) is 5.15. The molecule has 0 saturated carbocycles. The van der Waals surface area contributed by atoms with Gasteiger partial charge in [0.15, 0.2) is 23.0 Å². The Labute approximate surface area is 175 Å². The molecule has 1 aliphatic rings. The van der Waals surface area contributed by atoms with Gasteiger partial charge in [0, 0.05) is 0 Å². The number of anilines is 2. The van der Waals surface area contributed by atoms with Crippen LogP contribution < -0.4 is 24.4 Å². The number of amides is 2. The molecule has 0 fully saturated rings. The highest BCUT2D eigenvalue weighted by Gasteiger charge is 2.28. The molecule has 0 saturated heterocycles. The van der Waals surface area contributed by atoms with Crippen molar-refractivity contribution in [1.82, 2.24) is 5.32 Å². The summed E-state index contributed by atoms with van der Waals surface area (Å²) in [6.45, 7) is 0.665. The number of urea groups is 1. The first-order valence-corrected chi connectivity index (χ1v) is 8.97. The van der Waals surface area contributed by atoms with Gasteiger partial charge in [-0.25, -0.2) is 4.79 Å². The number of hydrogen-bond acceptors (Lipinski definition) is 4. The number of rotatable bonds is 5. The highest BCUT2D eigenvalue weighted by Crippen LogP contribution is 2.46. The number of hydrogen-bond donors (Lipinski definition) is 1. The van der Waals surface area contributed by atoms with Crippen LogP contribution in [0, 0.1) is 0 Å².